The summed E-state index contributed by atoms with van der Waals surface area (Å²) in [4.78, 5) is 51.1. The fourth-order valence-corrected chi connectivity index (χ4v) is 5.52. The summed E-state index contributed by atoms with van der Waals surface area (Å²) in [5, 5.41) is 5.81. The second-order valence-corrected chi connectivity index (χ2v) is 10.0. The predicted molar refractivity (Wildman–Crippen MR) is 141 cm³/mol. The number of amides is 3. The van der Waals surface area contributed by atoms with Crippen molar-refractivity contribution in [1.29, 1.82) is 0 Å². The molecule has 4 atom stereocenters. The molecule has 9 heteroatoms. The Labute approximate surface area is 216 Å². The lowest BCUT2D eigenvalue weighted by Crippen LogP contribution is -2.59. The van der Waals surface area contributed by atoms with Gasteiger partial charge in [-0.25, -0.2) is 4.98 Å². The molecule has 2 aliphatic heterocycles. The van der Waals surface area contributed by atoms with Gasteiger partial charge < -0.3 is 25.4 Å². The van der Waals surface area contributed by atoms with Crippen LogP contribution in [-0.4, -0.2) is 75.8 Å². The first kappa shape index (κ1) is 25.0. The summed E-state index contributed by atoms with van der Waals surface area (Å²) in [5.74, 6) is 0.224. The molecule has 194 valence electrons. The van der Waals surface area contributed by atoms with E-state index in [1.54, 1.807) is 18.9 Å². The highest BCUT2D eigenvalue weighted by molar-refractivity contribution is 5.93. The smallest absolute Gasteiger partial charge is 0.247 e. The molecule has 3 heterocycles. The summed E-state index contributed by atoms with van der Waals surface area (Å²) < 4.78 is 0. The maximum absolute atomic E-state index is 14.0. The number of carbonyl (C=O) groups is 3. The van der Waals surface area contributed by atoms with Crippen molar-refractivity contribution in [3.05, 3.63) is 54.4 Å². The van der Waals surface area contributed by atoms with Crippen LogP contribution in [-0.2, 0) is 14.4 Å². The first-order valence-corrected chi connectivity index (χ1v) is 13.0. The minimum atomic E-state index is -0.820. The van der Waals surface area contributed by atoms with E-state index in [1.165, 1.54) is 6.92 Å². The predicted octanol–water partition coefficient (Wildman–Crippen LogP) is 2.61. The molecule has 0 saturated carbocycles. The number of hydrogen-bond donors (Lipinski definition) is 3. The third-order valence-corrected chi connectivity index (χ3v) is 7.71. The van der Waals surface area contributed by atoms with Gasteiger partial charge in [0.1, 0.15) is 11.9 Å². The molecule has 3 aromatic rings. The van der Waals surface area contributed by atoms with Gasteiger partial charge in [0.05, 0.1) is 23.1 Å². The highest BCUT2D eigenvalue weighted by Gasteiger charge is 2.44. The van der Waals surface area contributed by atoms with Crippen LogP contribution in [0.2, 0.25) is 0 Å². The normalized spacial score (nSPS) is 22.9. The molecule has 9 nitrogen and oxygen atoms in total. The van der Waals surface area contributed by atoms with Crippen LogP contribution in [0.4, 0.5) is 0 Å². The first-order chi connectivity index (χ1) is 17.9. The number of para-hydroxylation sites is 1. The molecule has 3 N–H and O–H groups in total. The Morgan fingerprint density at radius 1 is 1.08 bits per heavy atom. The van der Waals surface area contributed by atoms with E-state index in [0.717, 1.165) is 40.8 Å². The number of rotatable bonds is 5. The summed E-state index contributed by atoms with van der Waals surface area (Å²) in [7, 11) is 1.70. The van der Waals surface area contributed by atoms with Gasteiger partial charge in [-0.15, -0.1) is 0 Å². The zero-order chi connectivity index (χ0) is 26.1. The van der Waals surface area contributed by atoms with Gasteiger partial charge in [0.2, 0.25) is 17.7 Å². The summed E-state index contributed by atoms with van der Waals surface area (Å²) >= 11 is 0. The van der Waals surface area contributed by atoms with E-state index in [9.17, 15) is 14.4 Å². The molecule has 3 amide bonds. The first-order valence-electron chi connectivity index (χ1n) is 13.0. The van der Waals surface area contributed by atoms with Crippen LogP contribution in [0.5, 0.6) is 0 Å². The van der Waals surface area contributed by atoms with Crippen molar-refractivity contribution in [2.75, 3.05) is 20.1 Å². The van der Waals surface area contributed by atoms with Crippen LogP contribution in [0.15, 0.2) is 48.5 Å². The van der Waals surface area contributed by atoms with Crippen molar-refractivity contribution in [3.8, 4) is 11.1 Å². The highest BCUT2D eigenvalue weighted by Crippen LogP contribution is 2.39. The Kier molecular flexibility index (Phi) is 6.97. The second-order valence-electron chi connectivity index (χ2n) is 10.0. The van der Waals surface area contributed by atoms with Crippen molar-refractivity contribution in [1.82, 2.24) is 30.4 Å². The van der Waals surface area contributed by atoms with E-state index >= 15 is 0 Å². The Bertz CT molecular complexity index is 1310. The zero-order valence-corrected chi connectivity index (χ0v) is 21.5. The molecular weight excluding hydrogens is 468 g/mol. The van der Waals surface area contributed by atoms with Gasteiger partial charge >= 0.3 is 0 Å². The van der Waals surface area contributed by atoms with Crippen LogP contribution in [0, 0.1) is 0 Å². The van der Waals surface area contributed by atoms with Crippen molar-refractivity contribution in [2.24, 2.45) is 0 Å². The van der Waals surface area contributed by atoms with Crippen LogP contribution in [0.25, 0.3) is 22.2 Å². The molecule has 2 saturated heterocycles. The highest BCUT2D eigenvalue weighted by atomic mass is 16.2. The lowest BCUT2D eigenvalue weighted by Gasteiger charge is -2.38. The largest absolute Gasteiger partial charge is 0.341 e. The van der Waals surface area contributed by atoms with Crippen LogP contribution < -0.4 is 10.6 Å². The molecular formula is C28H34N6O3. The maximum Gasteiger partial charge on any atom is 0.247 e. The molecule has 5 rings (SSSR count). The van der Waals surface area contributed by atoms with Crippen LogP contribution in [0.1, 0.15) is 45.0 Å². The van der Waals surface area contributed by atoms with E-state index in [2.05, 4.69) is 33.8 Å². The van der Waals surface area contributed by atoms with E-state index in [-0.39, 0.29) is 36.3 Å². The number of likely N-dealkylation sites (N-methyl/N-ethyl adjacent to an activating group) is 1. The molecule has 0 bridgehead atoms. The number of nitrogens with one attached hydrogen (secondary N) is 3. The number of hydrogen-bond acceptors (Lipinski definition) is 5. The fourth-order valence-electron chi connectivity index (χ4n) is 5.52. The number of carbonyl (C=O) groups excluding carboxylic acids is 3. The van der Waals surface area contributed by atoms with E-state index in [0.29, 0.717) is 13.0 Å². The lowest BCUT2D eigenvalue weighted by molar-refractivity contribution is -0.143. The third kappa shape index (κ3) is 4.83. The Morgan fingerprint density at radius 2 is 1.86 bits per heavy atom. The van der Waals surface area contributed by atoms with E-state index < -0.39 is 12.1 Å². The Hall–Kier alpha value is -3.72. The molecule has 37 heavy (non-hydrogen) atoms. The van der Waals surface area contributed by atoms with Gasteiger partial charge in [0, 0.05) is 31.6 Å². The summed E-state index contributed by atoms with van der Waals surface area (Å²) in [6.45, 7) is 3.95. The number of nitrogens with zero attached hydrogens (tertiary/aromatic N) is 3. The Balaban J connectivity index is 1.49. The van der Waals surface area contributed by atoms with E-state index in [1.807, 2.05) is 35.2 Å². The number of imidazole rings is 1. The van der Waals surface area contributed by atoms with Gasteiger partial charge in [-0.2, -0.15) is 0 Å². The van der Waals surface area contributed by atoms with Gasteiger partial charge in [-0.05, 0) is 44.9 Å². The standard InChI is InChI=1S/C28H34N6O3/c1-17(29-3)27(36)31-23-16-33(18(2)35)15-14-20-12-13-24(34(20)28(23)37)26-30-22-11-7-10-21(25(22)32-26)19-8-5-4-6-9-19/h4-11,17,20,23-24,29H,12-16H2,1-3H3,(H,30,32)(H,31,36). The van der Waals surface area contributed by atoms with Crippen LogP contribution in [0.3, 0.4) is 0 Å². The fraction of sp³-hybridized carbons (Fsp3) is 0.429. The zero-order valence-electron chi connectivity index (χ0n) is 21.5. The van der Waals surface area contributed by atoms with Crippen molar-refractivity contribution < 1.29 is 14.4 Å². The van der Waals surface area contributed by atoms with Gasteiger partial charge in [0.25, 0.3) is 0 Å². The Morgan fingerprint density at radius 3 is 2.59 bits per heavy atom. The van der Waals surface area contributed by atoms with Gasteiger partial charge in [-0.1, -0.05) is 42.5 Å². The number of fused-ring (bicyclic) bond motifs is 2. The lowest BCUT2D eigenvalue weighted by atomic mass is 10.0. The summed E-state index contributed by atoms with van der Waals surface area (Å²) in [5.41, 5.74) is 3.93. The molecule has 2 fully saturated rings. The molecule has 2 aliphatic rings. The minimum absolute atomic E-state index is 0.0254. The number of aromatic nitrogens is 2. The van der Waals surface area contributed by atoms with Gasteiger partial charge in [-0.3, -0.25) is 14.4 Å². The van der Waals surface area contributed by atoms with Crippen molar-refractivity contribution in [2.45, 2.75) is 57.3 Å². The number of aromatic amines is 1. The van der Waals surface area contributed by atoms with Gasteiger partial charge in [0.15, 0.2) is 0 Å². The van der Waals surface area contributed by atoms with E-state index in [4.69, 9.17) is 4.98 Å². The molecule has 0 spiro atoms. The average Bonchev–Trinajstić information content (AvgIpc) is 3.52. The molecule has 0 aliphatic carbocycles. The van der Waals surface area contributed by atoms with Crippen LogP contribution >= 0.6 is 0 Å². The monoisotopic (exact) mass is 502 g/mol. The number of H-pyrrole nitrogens is 1. The molecule has 1 aromatic heterocycles. The van der Waals surface area contributed by atoms with Crippen molar-refractivity contribution in [3.63, 3.8) is 0 Å². The maximum atomic E-state index is 14.0. The minimum Gasteiger partial charge on any atom is -0.341 e. The summed E-state index contributed by atoms with van der Waals surface area (Å²) in [6, 6.07) is 14.7. The summed E-state index contributed by atoms with van der Waals surface area (Å²) in [6.07, 6.45) is 2.29. The SMILES string of the molecule is CNC(C)C(=O)NC1CN(C(C)=O)CCC2CCC(c3nc4c(-c5ccccc5)cccc4[nH]3)N2C1=O. The quantitative estimate of drug-likeness (QED) is 0.497. The number of benzene rings is 2. The van der Waals surface area contributed by atoms with Crippen molar-refractivity contribution >= 4 is 28.8 Å². The molecule has 4 unspecified atom stereocenters. The average molecular weight is 503 g/mol. The molecule has 2 aromatic carbocycles. The second kappa shape index (κ2) is 10.3. The molecule has 0 radical (unpaired) electrons. The third-order valence-electron chi connectivity index (χ3n) is 7.71. The topological polar surface area (TPSA) is 110 Å².